The second kappa shape index (κ2) is 11.7. The second-order valence-electron chi connectivity index (χ2n) is 13.2. The summed E-state index contributed by atoms with van der Waals surface area (Å²) in [5.41, 5.74) is 5.81. The first-order valence-electron chi connectivity index (χ1n) is 14.7. The lowest BCUT2D eigenvalue weighted by Crippen LogP contribution is -2.36. The monoisotopic (exact) mass is 563 g/mol. The number of aromatic nitrogens is 1. The highest BCUT2D eigenvalue weighted by molar-refractivity contribution is 5.54. The third-order valence-electron chi connectivity index (χ3n) is 7.91. The van der Waals surface area contributed by atoms with Gasteiger partial charge in [-0.3, -0.25) is 0 Å². The van der Waals surface area contributed by atoms with E-state index in [2.05, 4.69) is 76.8 Å². The van der Waals surface area contributed by atoms with Gasteiger partial charge in [-0.25, -0.2) is 4.98 Å². The molecule has 1 fully saturated rings. The second-order valence-corrected chi connectivity index (χ2v) is 13.2. The molecule has 1 aliphatic heterocycles. The fourth-order valence-electron chi connectivity index (χ4n) is 5.60. The highest BCUT2D eigenvalue weighted by Crippen LogP contribution is 2.44. The number of hydrogen-bond acceptors (Lipinski definition) is 6. The Morgan fingerprint density at radius 1 is 0.881 bits per heavy atom. The largest absolute Gasteiger partial charge is 0.507 e. The van der Waals surface area contributed by atoms with Crippen molar-refractivity contribution in [1.29, 1.82) is 5.26 Å². The minimum Gasteiger partial charge on any atom is -0.507 e. The van der Waals surface area contributed by atoms with Crippen molar-refractivity contribution in [3.63, 3.8) is 0 Å². The summed E-state index contributed by atoms with van der Waals surface area (Å²) < 4.78 is 12.4. The lowest BCUT2D eigenvalue weighted by Gasteiger charge is -2.29. The van der Waals surface area contributed by atoms with Gasteiger partial charge in [-0.2, -0.15) is 5.26 Å². The number of aromatic hydroxyl groups is 1. The maximum Gasteiger partial charge on any atom is 0.220 e. The van der Waals surface area contributed by atoms with Gasteiger partial charge in [0.25, 0.3) is 0 Å². The van der Waals surface area contributed by atoms with E-state index in [0.29, 0.717) is 36.8 Å². The van der Waals surface area contributed by atoms with Crippen LogP contribution in [0.2, 0.25) is 0 Å². The molecule has 42 heavy (non-hydrogen) atoms. The molecule has 1 unspecified atom stereocenters. The van der Waals surface area contributed by atoms with Crippen LogP contribution in [-0.2, 0) is 22.0 Å². The molecule has 0 saturated carbocycles. The molecule has 6 heteroatoms. The van der Waals surface area contributed by atoms with Gasteiger partial charge >= 0.3 is 0 Å². The van der Waals surface area contributed by atoms with Gasteiger partial charge in [0.15, 0.2) is 0 Å². The SMILES string of the molecule is CC(C)(C)c1cc(C(c2ccc(C#N)cc2)c2nc(Cc3ccccc3)c(N3CCOCC3)o2)cc(C(C)(C)C)c1O. The lowest BCUT2D eigenvalue weighted by molar-refractivity contribution is 0.120. The predicted molar refractivity (Wildman–Crippen MR) is 166 cm³/mol. The maximum absolute atomic E-state index is 11.5. The van der Waals surface area contributed by atoms with Crippen molar-refractivity contribution in [2.24, 2.45) is 0 Å². The first kappa shape index (κ1) is 29.4. The van der Waals surface area contributed by atoms with Crippen molar-refractivity contribution in [3.8, 4) is 11.8 Å². The summed E-state index contributed by atoms with van der Waals surface area (Å²) in [6.45, 7) is 15.5. The Morgan fingerprint density at radius 2 is 1.48 bits per heavy atom. The molecular weight excluding hydrogens is 522 g/mol. The molecule has 2 heterocycles. The number of morpholine rings is 1. The van der Waals surface area contributed by atoms with Crippen molar-refractivity contribution < 1.29 is 14.3 Å². The number of ether oxygens (including phenoxy) is 1. The molecule has 4 aromatic rings. The normalized spacial score (nSPS) is 14.9. The third kappa shape index (κ3) is 6.22. The van der Waals surface area contributed by atoms with Crippen molar-refractivity contribution >= 4 is 5.88 Å². The van der Waals surface area contributed by atoms with Gasteiger partial charge in [0.2, 0.25) is 11.8 Å². The van der Waals surface area contributed by atoms with Crippen LogP contribution >= 0.6 is 0 Å². The summed E-state index contributed by atoms with van der Waals surface area (Å²) in [6, 6.07) is 24.4. The van der Waals surface area contributed by atoms with E-state index in [0.717, 1.165) is 52.5 Å². The number of nitriles is 1. The summed E-state index contributed by atoms with van der Waals surface area (Å²) in [5.74, 6) is 1.37. The molecule has 0 spiro atoms. The Labute approximate surface area is 249 Å². The van der Waals surface area contributed by atoms with Crippen LogP contribution in [0.25, 0.3) is 0 Å². The number of rotatable bonds is 6. The molecule has 1 aromatic heterocycles. The van der Waals surface area contributed by atoms with Crippen LogP contribution in [-0.4, -0.2) is 36.4 Å². The topological polar surface area (TPSA) is 82.5 Å². The molecular formula is C36H41N3O3. The fraction of sp³-hybridized carbons (Fsp3) is 0.389. The molecule has 3 aromatic carbocycles. The van der Waals surface area contributed by atoms with Crippen LogP contribution in [0.4, 0.5) is 5.88 Å². The smallest absolute Gasteiger partial charge is 0.220 e. The van der Waals surface area contributed by atoms with E-state index in [-0.39, 0.29) is 16.7 Å². The minimum atomic E-state index is -0.343. The van der Waals surface area contributed by atoms with Crippen molar-refractivity contribution in [3.05, 3.63) is 112 Å². The molecule has 5 rings (SSSR count). The van der Waals surface area contributed by atoms with Crippen LogP contribution in [0.1, 0.15) is 92.4 Å². The standard InChI is InChI=1S/C36H41N3O3/c1-35(2,3)28-21-27(22-29(32(28)40)36(4,5)6)31(26-14-12-25(23-37)13-15-26)33-38-30(20-24-10-8-7-9-11-24)34(42-33)39-16-18-41-19-17-39/h7-15,21-22,31,40H,16-20H2,1-6H3. The summed E-state index contributed by atoms with van der Waals surface area (Å²) in [6.07, 6.45) is 0.646. The Hall–Kier alpha value is -4.08. The molecule has 218 valence electrons. The quantitative estimate of drug-likeness (QED) is 0.262. The molecule has 1 saturated heterocycles. The zero-order valence-corrected chi connectivity index (χ0v) is 25.6. The summed E-state index contributed by atoms with van der Waals surface area (Å²) in [5, 5.41) is 20.9. The molecule has 1 aliphatic rings. The molecule has 0 aliphatic carbocycles. The van der Waals surface area contributed by atoms with Gasteiger partial charge in [0.1, 0.15) is 11.4 Å². The highest BCUT2D eigenvalue weighted by Gasteiger charge is 2.32. The number of phenols is 1. The van der Waals surface area contributed by atoms with Gasteiger partial charge in [-0.1, -0.05) is 96.1 Å². The summed E-state index contributed by atoms with van der Waals surface area (Å²) in [4.78, 5) is 7.43. The van der Waals surface area contributed by atoms with Crippen LogP contribution in [0.5, 0.6) is 5.75 Å². The van der Waals surface area contributed by atoms with Crippen molar-refractivity contribution in [1.82, 2.24) is 4.98 Å². The van der Waals surface area contributed by atoms with Gasteiger partial charge in [0.05, 0.1) is 30.8 Å². The third-order valence-corrected chi connectivity index (χ3v) is 7.91. The number of hydrogen-bond donors (Lipinski definition) is 1. The predicted octanol–water partition coefficient (Wildman–Crippen LogP) is 7.45. The van der Waals surface area contributed by atoms with E-state index in [1.54, 1.807) is 0 Å². The first-order chi connectivity index (χ1) is 20.0. The Morgan fingerprint density at radius 3 is 2.02 bits per heavy atom. The van der Waals surface area contributed by atoms with E-state index in [1.807, 2.05) is 42.5 Å². The van der Waals surface area contributed by atoms with E-state index < -0.39 is 0 Å². The first-order valence-corrected chi connectivity index (χ1v) is 14.7. The zero-order chi connectivity index (χ0) is 30.1. The van der Waals surface area contributed by atoms with Crippen LogP contribution in [0.3, 0.4) is 0 Å². The van der Waals surface area contributed by atoms with Gasteiger partial charge in [0, 0.05) is 19.5 Å². The van der Waals surface area contributed by atoms with Gasteiger partial charge in [-0.05, 0) is 50.8 Å². The van der Waals surface area contributed by atoms with Gasteiger partial charge in [-0.15, -0.1) is 0 Å². The summed E-state index contributed by atoms with van der Waals surface area (Å²) >= 11 is 0. The highest BCUT2D eigenvalue weighted by atomic mass is 16.5. The molecule has 0 bridgehead atoms. The van der Waals surface area contributed by atoms with Crippen molar-refractivity contribution in [2.75, 3.05) is 31.2 Å². The molecule has 0 radical (unpaired) electrons. The van der Waals surface area contributed by atoms with Crippen LogP contribution in [0, 0.1) is 11.3 Å². The molecule has 1 atom stereocenters. The number of anilines is 1. The minimum absolute atomic E-state index is 0.288. The van der Waals surface area contributed by atoms with E-state index >= 15 is 0 Å². The van der Waals surface area contributed by atoms with Gasteiger partial charge < -0.3 is 19.2 Å². The number of phenolic OH excluding ortho intramolecular Hbond substituents is 1. The maximum atomic E-state index is 11.5. The number of benzene rings is 3. The average Bonchev–Trinajstić information content (AvgIpc) is 3.37. The Balaban J connectivity index is 1.73. The molecule has 6 nitrogen and oxygen atoms in total. The number of nitrogens with zero attached hydrogens (tertiary/aromatic N) is 3. The fourth-order valence-corrected chi connectivity index (χ4v) is 5.60. The van der Waals surface area contributed by atoms with Crippen molar-refractivity contribution in [2.45, 2.75) is 64.7 Å². The Kier molecular flexibility index (Phi) is 8.17. The lowest BCUT2D eigenvalue weighted by atomic mass is 9.76. The summed E-state index contributed by atoms with van der Waals surface area (Å²) in [7, 11) is 0. The number of oxazole rings is 1. The molecule has 0 amide bonds. The Bertz CT molecular complexity index is 1530. The zero-order valence-electron chi connectivity index (χ0n) is 25.6. The average molecular weight is 564 g/mol. The van der Waals surface area contributed by atoms with E-state index in [4.69, 9.17) is 14.1 Å². The van der Waals surface area contributed by atoms with Crippen LogP contribution in [0.15, 0.2) is 71.1 Å². The van der Waals surface area contributed by atoms with E-state index in [1.165, 1.54) is 0 Å². The van der Waals surface area contributed by atoms with Crippen LogP contribution < -0.4 is 4.90 Å². The van der Waals surface area contributed by atoms with E-state index in [9.17, 15) is 10.4 Å². The molecule has 1 N–H and O–H groups in total.